The lowest BCUT2D eigenvalue weighted by atomic mass is 9.93. The molecule has 0 saturated carbocycles. The molecular formula is C15H21N3O3. The van der Waals surface area contributed by atoms with E-state index in [4.69, 9.17) is 4.74 Å². The van der Waals surface area contributed by atoms with Crippen LogP contribution >= 0.6 is 0 Å². The van der Waals surface area contributed by atoms with Gasteiger partial charge in [0.25, 0.3) is 11.8 Å². The van der Waals surface area contributed by atoms with Crippen LogP contribution in [0.5, 0.6) is 0 Å². The summed E-state index contributed by atoms with van der Waals surface area (Å²) in [6, 6.07) is 3.21. The third-order valence-corrected chi connectivity index (χ3v) is 4.07. The molecule has 0 atom stereocenters. The van der Waals surface area contributed by atoms with E-state index in [-0.39, 0.29) is 17.4 Å². The molecule has 0 radical (unpaired) electrons. The number of hydrogen-bond donors (Lipinski definition) is 1. The molecule has 2 amide bonds. The van der Waals surface area contributed by atoms with E-state index in [1.165, 1.54) is 6.20 Å². The van der Waals surface area contributed by atoms with Crippen molar-refractivity contribution in [1.29, 1.82) is 0 Å². The van der Waals surface area contributed by atoms with Crippen molar-refractivity contribution in [2.75, 3.05) is 27.2 Å². The molecule has 0 unspecified atom stereocenters. The standard InChI is InChI=1S/C15H21N3O3/c1-15(21-3)6-8-18(9-7-15)14(20)11-4-5-12(17-10-11)13(19)16-2/h4-5,10H,6-9H2,1-3H3,(H,16,19). The smallest absolute Gasteiger partial charge is 0.269 e. The molecule has 1 fully saturated rings. The molecule has 2 heterocycles. The first kappa shape index (κ1) is 15.4. The Hall–Kier alpha value is -1.95. The van der Waals surface area contributed by atoms with Crippen molar-refractivity contribution >= 4 is 11.8 Å². The molecule has 114 valence electrons. The zero-order chi connectivity index (χ0) is 15.5. The summed E-state index contributed by atoms with van der Waals surface area (Å²) in [5.74, 6) is -0.313. The summed E-state index contributed by atoms with van der Waals surface area (Å²) in [6.07, 6.45) is 3.09. The van der Waals surface area contributed by atoms with Crippen molar-refractivity contribution in [2.24, 2.45) is 0 Å². The highest BCUT2D eigenvalue weighted by Gasteiger charge is 2.32. The molecule has 0 spiro atoms. The van der Waals surface area contributed by atoms with Gasteiger partial charge in [0.2, 0.25) is 0 Å². The highest BCUT2D eigenvalue weighted by Crippen LogP contribution is 2.25. The topological polar surface area (TPSA) is 71.5 Å². The summed E-state index contributed by atoms with van der Waals surface area (Å²) in [4.78, 5) is 29.6. The zero-order valence-corrected chi connectivity index (χ0v) is 12.7. The zero-order valence-electron chi connectivity index (χ0n) is 12.7. The van der Waals surface area contributed by atoms with E-state index in [0.29, 0.717) is 24.3 Å². The number of methoxy groups -OCH3 is 1. The number of rotatable bonds is 3. The van der Waals surface area contributed by atoms with Gasteiger partial charge in [0.15, 0.2) is 0 Å². The summed E-state index contributed by atoms with van der Waals surface area (Å²) >= 11 is 0. The van der Waals surface area contributed by atoms with Crippen LogP contribution in [-0.4, -0.2) is 54.5 Å². The lowest BCUT2D eigenvalue weighted by Crippen LogP contribution is -2.46. The van der Waals surface area contributed by atoms with Gasteiger partial charge < -0.3 is 15.0 Å². The monoisotopic (exact) mass is 291 g/mol. The molecule has 1 saturated heterocycles. The molecule has 1 aromatic rings. The molecule has 1 aliphatic rings. The maximum absolute atomic E-state index is 12.4. The van der Waals surface area contributed by atoms with Crippen LogP contribution in [-0.2, 0) is 4.74 Å². The van der Waals surface area contributed by atoms with Crippen molar-refractivity contribution < 1.29 is 14.3 Å². The second-order valence-electron chi connectivity index (χ2n) is 5.46. The highest BCUT2D eigenvalue weighted by molar-refractivity contribution is 5.96. The van der Waals surface area contributed by atoms with Crippen LogP contribution in [0.25, 0.3) is 0 Å². The van der Waals surface area contributed by atoms with Crippen molar-refractivity contribution in [2.45, 2.75) is 25.4 Å². The number of hydrogen-bond acceptors (Lipinski definition) is 4. The number of ether oxygens (including phenoxy) is 1. The second-order valence-corrected chi connectivity index (χ2v) is 5.46. The van der Waals surface area contributed by atoms with Crippen LogP contribution in [0.3, 0.4) is 0 Å². The van der Waals surface area contributed by atoms with Gasteiger partial charge in [-0.15, -0.1) is 0 Å². The van der Waals surface area contributed by atoms with Gasteiger partial charge >= 0.3 is 0 Å². The molecule has 2 rings (SSSR count). The highest BCUT2D eigenvalue weighted by atomic mass is 16.5. The first-order valence-corrected chi connectivity index (χ1v) is 7.01. The minimum atomic E-state index is -0.261. The van der Waals surface area contributed by atoms with Gasteiger partial charge in [-0.05, 0) is 31.9 Å². The Bertz CT molecular complexity index is 519. The molecule has 1 aliphatic heterocycles. The Labute approximate surface area is 124 Å². The van der Waals surface area contributed by atoms with E-state index in [9.17, 15) is 9.59 Å². The molecule has 6 heteroatoms. The molecular weight excluding hydrogens is 270 g/mol. The van der Waals surface area contributed by atoms with Gasteiger partial charge in [0, 0.05) is 33.4 Å². The van der Waals surface area contributed by atoms with Crippen molar-refractivity contribution in [3.63, 3.8) is 0 Å². The lowest BCUT2D eigenvalue weighted by molar-refractivity contribution is -0.0379. The number of likely N-dealkylation sites (tertiary alicyclic amines) is 1. The van der Waals surface area contributed by atoms with Crippen molar-refractivity contribution in [3.8, 4) is 0 Å². The Kier molecular flexibility index (Phi) is 4.57. The van der Waals surface area contributed by atoms with Crippen LogP contribution in [0, 0.1) is 0 Å². The summed E-state index contributed by atoms with van der Waals surface area (Å²) in [6.45, 7) is 3.40. The molecule has 21 heavy (non-hydrogen) atoms. The quantitative estimate of drug-likeness (QED) is 0.904. The van der Waals surface area contributed by atoms with E-state index in [0.717, 1.165) is 12.8 Å². The summed E-state index contributed by atoms with van der Waals surface area (Å²) in [5, 5.41) is 2.50. The Balaban J connectivity index is 2.02. The maximum atomic E-state index is 12.4. The number of carbonyl (C=O) groups excluding carboxylic acids is 2. The number of nitrogens with one attached hydrogen (secondary N) is 1. The van der Waals surface area contributed by atoms with E-state index in [2.05, 4.69) is 17.2 Å². The number of pyridine rings is 1. The second kappa shape index (κ2) is 6.22. The molecule has 0 aliphatic carbocycles. The minimum absolute atomic E-state index is 0.0518. The van der Waals surface area contributed by atoms with Gasteiger partial charge in [-0.2, -0.15) is 0 Å². The Morgan fingerprint density at radius 3 is 2.48 bits per heavy atom. The first-order chi connectivity index (χ1) is 9.99. The van der Waals surface area contributed by atoms with Crippen LogP contribution < -0.4 is 5.32 Å². The minimum Gasteiger partial charge on any atom is -0.378 e. The Morgan fingerprint density at radius 1 is 1.33 bits per heavy atom. The molecule has 1 N–H and O–H groups in total. The van der Waals surface area contributed by atoms with Crippen LogP contribution in [0.1, 0.15) is 40.6 Å². The van der Waals surface area contributed by atoms with Gasteiger partial charge in [-0.1, -0.05) is 0 Å². The molecule has 6 nitrogen and oxygen atoms in total. The largest absolute Gasteiger partial charge is 0.378 e. The van der Waals surface area contributed by atoms with E-state index >= 15 is 0 Å². The van der Waals surface area contributed by atoms with Gasteiger partial charge in [0.05, 0.1) is 11.2 Å². The summed E-state index contributed by atoms with van der Waals surface area (Å²) < 4.78 is 5.47. The normalized spacial score (nSPS) is 17.4. The van der Waals surface area contributed by atoms with Gasteiger partial charge in [-0.25, -0.2) is 0 Å². The fraction of sp³-hybridized carbons (Fsp3) is 0.533. The first-order valence-electron chi connectivity index (χ1n) is 7.01. The number of carbonyl (C=O) groups is 2. The average molecular weight is 291 g/mol. The van der Waals surface area contributed by atoms with E-state index in [1.54, 1.807) is 31.2 Å². The summed E-state index contributed by atoms with van der Waals surface area (Å²) in [5.41, 5.74) is 0.668. The van der Waals surface area contributed by atoms with Gasteiger partial charge in [0.1, 0.15) is 5.69 Å². The third-order valence-electron chi connectivity index (χ3n) is 4.07. The fourth-order valence-corrected chi connectivity index (χ4v) is 2.35. The fourth-order valence-electron chi connectivity index (χ4n) is 2.35. The van der Waals surface area contributed by atoms with Crippen LogP contribution in [0.2, 0.25) is 0 Å². The maximum Gasteiger partial charge on any atom is 0.269 e. The number of amides is 2. The molecule has 0 aromatic carbocycles. The van der Waals surface area contributed by atoms with E-state index < -0.39 is 0 Å². The van der Waals surface area contributed by atoms with Crippen molar-refractivity contribution in [3.05, 3.63) is 29.6 Å². The Morgan fingerprint density at radius 2 is 2.00 bits per heavy atom. The summed E-state index contributed by atoms with van der Waals surface area (Å²) in [7, 11) is 3.25. The molecule has 0 bridgehead atoms. The van der Waals surface area contributed by atoms with Crippen LogP contribution in [0.4, 0.5) is 0 Å². The predicted molar refractivity (Wildman–Crippen MR) is 78.2 cm³/mol. The third kappa shape index (κ3) is 3.39. The van der Waals surface area contributed by atoms with E-state index in [1.807, 2.05) is 0 Å². The number of aromatic nitrogens is 1. The number of piperidine rings is 1. The lowest BCUT2D eigenvalue weighted by Gasteiger charge is -2.38. The SMILES string of the molecule is CNC(=O)c1ccc(C(=O)N2CCC(C)(OC)CC2)cn1. The molecule has 1 aromatic heterocycles. The average Bonchev–Trinajstić information content (AvgIpc) is 2.54. The van der Waals surface area contributed by atoms with Gasteiger partial charge in [-0.3, -0.25) is 14.6 Å². The van der Waals surface area contributed by atoms with Crippen molar-refractivity contribution in [1.82, 2.24) is 15.2 Å². The number of nitrogens with zero attached hydrogens (tertiary/aromatic N) is 2. The van der Waals surface area contributed by atoms with Crippen LogP contribution in [0.15, 0.2) is 18.3 Å². The predicted octanol–water partition coefficient (Wildman–Crippen LogP) is 1.08.